The Morgan fingerprint density at radius 3 is 2.24 bits per heavy atom. The molecule has 4 nitrogen and oxygen atoms in total. The zero-order valence-electron chi connectivity index (χ0n) is 16.2. The lowest BCUT2D eigenvalue weighted by molar-refractivity contribution is -0.121. The first kappa shape index (κ1) is 20.0. The lowest BCUT2D eigenvalue weighted by Gasteiger charge is -2.43. The number of carbonyl (C=O) groups is 2. The highest BCUT2D eigenvalue weighted by atomic mass is 35.5. The monoisotopic (exact) mass is 429 g/mol. The Morgan fingerprint density at radius 2 is 1.62 bits per heavy atom. The Balaban J connectivity index is 1.91. The number of carbonyl (C=O) groups excluding carboxylic acids is 2. The van der Waals surface area contributed by atoms with E-state index in [0.29, 0.717) is 34.1 Å². The largest absolute Gasteiger partial charge is 0.508 e. The molecule has 150 valence electrons. The van der Waals surface area contributed by atoms with Crippen LogP contribution in [-0.2, 0) is 9.59 Å². The fourth-order valence-electron chi connectivity index (χ4n) is 4.37. The third kappa shape index (κ3) is 3.79. The number of hydrogen-bond donors (Lipinski definition) is 1. The van der Waals surface area contributed by atoms with Crippen LogP contribution >= 0.6 is 23.2 Å². The van der Waals surface area contributed by atoms with E-state index in [1.165, 1.54) is 0 Å². The molecule has 4 rings (SSSR count). The lowest BCUT2D eigenvalue weighted by atomic mass is 9.69. The number of benzene rings is 2. The summed E-state index contributed by atoms with van der Waals surface area (Å²) >= 11 is 12.4. The molecule has 0 bridgehead atoms. The van der Waals surface area contributed by atoms with E-state index in [1.54, 1.807) is 47.4 Å². The van der Waals surface area contributed by atoms with E-state index in [9.17, 15) is 14.7 Å². The number of allylic oxidation sites excluding steroid dienone is 2. The summed E-state index contributed by atoms with van der Waals surface area (Å²) in [6, 6.07) is 11.7. The normalized spacial score (nSPS) is 21.4. The van der Waals surface area contributed by atoms with Crippen molar-refractivity contribution in [2.45, 2.75) is 39.0 Å². The number of amides is 1. The van der Waals surface area contributed by atoms with E-state index < -0.39 is 0 Å². The molecule has 1 aliphatic heterocycles. The zero-order chi connectivity index (χ0) is 20.9. The van der Waals surface area contributed by atoms with Gasteiger partial charge >= 0.3 is 0 Å². The molecule has 6 heteroatoms. The standard InChI is InChI=1S/C23H21Cl2NO3/c1-23(2)11-19-22(20(28)12-23)18(13-3-5-17(27)6-4-13)10-21(29)26(19)16-8-14(24)7-15(25)9-16/h3-9,18,27H,10-12H2,1-2H3. The van der Waals surface area contributed by atoms with E-state index >= 15 is 0 Å². The Labute approximate surface area is 179 Å². The second-order valence-electron chi connectivity index (χ2n) is 8.51. The maximum atomic E-state index is 13.3. The fourth-order valence-corrected chi connectivity index (χ4v) is 4.89. The summed E-state index contributed by atoms with van der Waals surface area (Å²) in [5, 5.41) is 10.5. The summed E-state index contributed by atoms with van der Waals surface area (Å²) in [4.78, 5) is 28.1. The molecule has 0 aromatic heterocycles. The SMILES string of the molecule is CC1(C)CC(=O)C2=C(C1)N(c1cc(Cl)cc(Cl)c1)C(=O)CC2c1ccc(O)cc1. The summed E-state index contributed by atoms with van der Waals surface area (Å²) in [6.07, 6.45) is 1.19. The number of aromatic hydroxyl groups is 1. The molecule has 0 radical (unpaired) electrons. The minimum absolute atomic E-state index is 0.0555. The molecule has 2 aromatic carbocycles. The summed E-state index contributed by atoms with van der Waals surface area (Å²) in [6.45, 7) is 4.07. The molecule has 0 saturated carbocycles. The Bertz CT molecular complexity index is 1020. The number of phenols is 1. The second kappa shape index (κ2) is 7.19. The number of phenolic OH excluding ortho intramolecular Hbond substituents is 1. The van der Waals surface area contributed by atoms with Crippen molar-refractivity contribution in [1.29, 1.82) is 0 Å². The molecule has 1 N–H and O–H groups in total. The molecule has 29 heavy (non-hydrogen) atoms. The lowest BCUT2D eigenvalue weighted by Crippen LogP contribution is -2.43. The van der Waals surface area contributed by atoms with Crippen LogP contribution in [0.1, 0.15) is 44.6 Å². The van der Waals surface area contributed by atoms with E-state index in [4.69, 9.17) is 23.2 Å². The fraction of sp³-hybridized carbons (Fsp3) is 0.304. The van der Waals surface area contributed by atoms with Crippen molar-refractivity contribution < 1.29 is 14.7 Å². The van der Waals surface area contributed by atoms with Gasteiger partial charge in [0.25, 0.3) is 0 Å². The van der Waals surface area contributed by atoms with E-state index in [-0.39, 0.29) is 35.2 Å². The third-order valence-corrected chi connectivity index (χ3v) is 5.98. The van der Waals surface area contributed by atoms with Crippen molar-refractivity contribution in [2.24, 2.45) is 5.41 Å². The molecule has 2 aromatic rings. The van der Waals surface area contributed by atoms with Gasteiger partial charge in [0.15, 0.2) is 5.78 Å². The van der Waals surface area contributed by atoms with Gasteiger partial charge in [0, 0.05) is 40.1 Å². The third-order valence-electron chi connectivity index (χ3n) is 5.54. The van der Waals surface area contributed by atoms with Crippen LogP contribution in [0.15, 0.2) is 53.7 Å². The number of Topliss-reactive ketones (excluding diaryl/α,β-unsaturated/α-hetero) is 1. The molecule has 1 atom stereocenters. The Hall–Kier alpha value is -2.30. The van der Waals surface area contributed by atoms with Gasteiger partial charge in [0.1, 0.15) is 5.75 Å². The van der Waals surface area contributed by atoms with Crippen molar-refractivity contribution in [3.63, 3.8) is 0 Å². The molecule has 1 aliphatic carbocycles. The summed E-state index contributed by atoms with van der Waals surface area (Å²) in [5.74, 6) is -0.227. The van der Waals surface area contributed by atoms with Gasteiger partial charge in [-0.15, -0.1) is 0 Å². The van der Waals surface area contributed by atoms with Crippen molar-refractivity contribution in [3.8, 4) is 5.75 Å². The average molecular weight is 430 g/mol. The van der Waals surface area contributed by atoms with Gasteiger partial charge < -0.3 is 5.11 Å². The maximum Gasteiger partial charge on any atom is 0.232 e. The predicted octanol–water partition coefficient (Wildman–Crippen LogP) is 5.86. The van der Waals surface area contributed by atoms with Crippen LogP contribution in [0.5, 0.6) is 5.75 Å². The van der Waals surface area contributed by atoms with E-state index in [1.807, 2.05) is 13.8 Å². The minimum Gasteiger partial charge on any atom is -0.508 e. The second-order valence-corrected chi connectivity index (χ2v) is 9.38. The van der Waals surface area contributed by atoms with Crippen molar-refractivity contribution in [3.05, 3.63) is 69.3 Å². The molecular formula is C23H21Cl2NO3. The number of nitrogens with zero attached hydrogens (tertiary/aromatic N) is 1. The number of halogens is 2. The van der Waals surface area contributed by atoms with Crippen molar-refractivity contribution in [2.75, 3.05) is 4.90 Å². The number of anilines is 1. The van der Waals surface area contributed by atoms with Crippen LogP contribution in [0.25, 0.3) is 0 Å². The van der Waals surface area contributed by atoms with Gasteiger partial charge in [-0.2, -0.15) is 0 Å². The van der Waals surface area contributed by atoms with Gasteiger partial charge in [-0.3, -0.25) is 14.5 Å². The minimum atomic E-state index is -0.326. The molecule has 1 heterocycles. The predicted molar refractivity (Wildman–Crippen MR) is 114 cm³/mol. The summed E-state index contributed by atoms with van der Waals surface area (Å²) in [5.41, 5.74) is 2.56. The van der Waals surface area contributed by atoms with Crippen LogP contribution in [0, 0.1) is 5.41 Å². The van der Waals surface area contributed by atoms with Crippen LogP contribution in [0.4, 0.5) is 5.69 Å². The average Bonchev–Trinajstić information content (AvgIpc) is 2.59. The number of hydrogen-bond acceptors (Lipinski definition) is 3. The first-order chi connectivity index (χ1) is 13.6. The summed E-state index contributed by atoms with van der Waals surface area (Å²) < 4.78 is 0. The van der Waals surface area contributed by atoms with E-state index in [0.717, 1.165) is 11.3 Å². The van der Waals surface area contributed by atoms with Gasteiger partial charge in [-0.25, -0.2) is 0 Å². The van der Waals surface area contributed by atoms with Crippen LogP contribution in [0.3, 0.4) is 0 Å². The molecule has 0 fully saturated rings. The van der Waals surface area contributed by atoms with Gasteiger partial charge in [0.05, 0.1) is 5.69 Å². The van der Waals surface area contributed by atoms with Gasteiger partial charge in [-0.05, 0) is 47.7 Å². The number of ketones is 1. The number of rotatable bonds is 2. The van der Waals surface area contributed by atoms with Gasteiger partial charge in [-0.1, -0.05) is 49.2 Å². The van der Waals surface area contributed by atoms with Crippen LogP contribution in [0.2, 0.25) is 10.0 Å². The Kier molecular flexibility index (Phi) is 4.96. The van der Waals surface area contributed by atoms with Crippen LogP contribution in [-0.4, -0.2) is 16.8 Å². The molecular weight excluding hydrogens is 409 g/mol. The molecule has 1 unspecified atom stereocenters. The first-order valence-electron chi connectivity index (χ1n) is 9.49. The highest BCUT2D eigenvalue weighted by Gasteiger charge is 2.44. The first-order valence-corrected chi connectivity index (χ1v) is 10.2. The maximum absolute atomic E-state index is 13.3. The molecule has 2 aliphatic rings. The zero-order valence-corrected chi connectivity index (χ0v) is 17.7. The molecule has 0 spiro atoms. The van der Waals surface area contributed by atoms with Gasteiger partial charge in [0.2, 0.25) is 5.91 Å². The smallest absolute Gasteiger partial charge is 0.232 e. The quantitative estimate of drug-likeness (QED) is 0.649. The molecule has 0 saturated heterocycles. The van der Waals surface area contributed by atoms with Crippen molar-refractivity contribution in [1.82, 2.24) is 0 Å². The highest BCUT2D eigenvalue weighted by Crippen LogP contribution is 2.48. The van der Waals surface area contributed by atoms with E-state index in [2.05, 4.69) is 0 Å². The topological polar surface area (TPSA) is 57.6 Å². The van der Waals surface area contributed by atoms with Crippen molar-refractivity contribution >= 4 is 40.6 Å². The summed E-state index contributed by atoms with van der Waals surface area (Å²) in [7, 11) is 0. The Morgan fingerprint density at radius 1 is 1.00 bits per heavy atom. The van der Waals surface area contributed by atoms with Crippen LogP contribution < -0.4 is 4.90 Å². The highest BCUT2D eigenvalue weighted by molar-refractivity contribution is 6.35. The molecule has 1 amide bonds.